The molecular weight excluding hydrogens is 492 g/mol. The Morgan fingerprint density at radius 3 is 1.79 bits per heavy atom. The lowest BCUT2D eigenvalue weighted by molar-refractivity contribution is 0.0976. The van der Waals surface area contributed by atoms with Crippen molar-refractivity contribution >= 4 is 39.2 Å². The molecule has 33 heavy (non-hydrogen) atoms. The lowest BCUT2D eigenvalue weighted by Crippen LogP contribution is -2.39. The first-order valence-electron chi connectivity index (χ1n) is 13.1. The number of thiocarbonyl (C=S) groups is 1. The van der Waals surface area contributed by atoms with Crippen molar-refractivity contribution in [3.8, 4) is 0 Å². The Kier molecular flexibility index (Phi) is 15.9. The molecule has 0 aliphatic carbocycles. The van der Waals surface area contributed by atoms with Crippen LogP contribution in [-0.2, 0) is 5.41 Å². The molecule has 2 N–H and O–H groups in total. The molecule has 0 atom stereocenters. The molecule has 3 nitrogen and oxygen atoms in total. The van der Waals surface area contributed by atoms with Gasteiger partial charge in [-0.05, 0) is 41.7 Å². The standard InChI is InChI=1S/C28H47BrN2OS/c1-5-6-7-8-9-10-11-12-13-14-15-16-17-18-21-30-27(33)31-26(32)23-19-20-24(25(29)22-23)28(2,3)4/h19-20,22H,5-18,21H2,1-4H3,(H2,30,31,32,33). The third-order valence-corrected chi connectivity index (χ3v) is 6.98. The molecule has 1 aromatic carbocycles. The van der Waals surface area contributed by atoms with E-state index in [0.29, 0.717) is 10.7 Å². The predicted octanol–water partition coefficient (Wildman–Crippen LogP) is 8.83. The summed E-state index contributed by atoms with van der Waals surface area (Å²) in [4.78, 5) is 12.5. The van der Waals surface area contributed by atoms with E-state index >= 15 is 0 Å². The van der Waals surface area contributed by atoms with Crippen LogP contribution in [0, 0.1) is 0 Å². The van der Waals surface area contributed by atoms with Gasteiger partial charge in [-0.15, -0.1) is 0 Å². The number of benzene rings is 1. The third kappa shape index (κ3) is 14.1. The fourth-order valence-corrected chi connectivity index (χ4v) is 5.17. The molecule has 5 heteroatoms. The summed E-state index contributed by atoms with van der Waals surface area (Å²) in [7, 11) is 0. The van der Waals surface area contributed by atoms with E-state index < -0.39 is 0 Å². The molecule has 0 saturated carbocycles. The van der Waals surface area contributed by atoms with Gasteiger partial charge >= 0.3 is 0 Å². The highest BCUT2D eigenvalue weighted by molar-refractivity contribution is 9.10. The van der Waals surface area contributed by atoms with Crippen LogP contribution in [0.4, 0.5) is 0 Å². The zero-order chi connectivity index (χ0) is 24.5. The molecule has 0 bridgehead atoms. The van der Waals surface area contributed by atoms with Crippen molar-refractivity contribution < 1.29 is 4.79 Å². The van der Waals surface area contributed by atoms with Gasteiger partial charge in [0.15, 0.2) is 5.11 Å². The fourth-order valence-electron chi connectivity index (χ4n) is 4.01. The van der Waals surface area contributed by atoms with E-state index in [9.17, 15) is 4.79 Å². The molecule has 188 valence electrons. The molecule has 0 aromatic heterocycles. The zero-order valence-corrected chi connectivity index (χ0v) is 23.9. The summed E-state index contributed by atoms with van der Waals surface area (Å²) < 4.78 is 0.948. The van der Waals surface area contributed by atoms with Gasteiger partial charge in [0.1, 0.15) is 0 Å². The molecule has 1 amide bonds. The number of carbonyl (C=O) groups excluding carboxylic acids is 1. The average molecular weight is 540 g/mol. The molecule has 0 radical (unpaired) electrons. The highest BCUT2D eigenvalue weighted by Gasteiger charge is 2.18. The Morgan fingerprint density at radius 2 is 1.33 bits per heavy atom. The van der Waals surface area contributed by atoms with Crippen molar-refractivity contribution in [2.75, 3.05) is 6.54 Å². The average Bonchev–Trinajstić information content (AvgIpc) is 2.75. The van der Waals surface area contributed by atoms with E-state index in [1.807, 2.05) is 18.2 Å². The Morgan fingerprint density at radius 1 is 0.848 bits per heavy atom. The van der Waals surface area contributed by atoms with Crippen LogP contribution >= 0.6 is 28.1 Å². The van der Waals surface area contributed by atoms with Crippen LogP contribution in [0.15, 0.2) is 22.7 Å². The summed E-state index contributed by atoms with van der Waals surface area (Å²) >= 11 is 8.88. The fraction of sp³-hybridized carbons (Fsp3) is 0.714. The summed E-state index contributed by atoms with van der Waals surface area (Å²) in [6.07, 6.45) is 18.9. The van der Waals surface area contributed by atoms with Crippen LogP contribution in [0.2, 0.25) is 0 Å². The van der Waals surface area contributed by atoms with Gasteiger partial charge in [0.25, 0.3) is 5.91 Å². The first kappa shape index (κ1) is 30.1. The number of hydrogen-bond donors (Lipinski definition) is 2. The summed E-state index contributed by atoms with van der Waals surface area (Å²) in [5, 5.41) is 6.36. The number of unbranched alkanes of at least 4 members (excludes halogenated alkanes) is 13. The van der Waals surface area contributed by atoms with Gasteiger partial charge in [0, 0.05) is 16.6 Å². The van der Waals surface area contributed by atoms with Gasteiger partial charge in [-0.1, -0.05) is 133 Å². The second kappa shape index (κ2) is 17.5. The van der Waals surface area contributed by atoms with Gasteiger partial charge in [-0.2, -0.15) is 0 Å². The summed E-state index contributed by atoms with van der Waals surface area (Å²) in [5.41, 5.74) is 1.81. The summed E-state index contributed by atoms with van der Waals surface area (Å²) in [6, 6.07) is 5.73. The number of nitrogens with one attached hydrogen (secondary N) is 2. The zero-order valence-electron chi connectivity index (χ0n) is 21.5. The van der Waals surface area contributed by atoms with Crippen molar-refractivity contribution in [1.82, 2.24) is 10.6 Å². The van der Waals surface area contributed by atoms with E-state index in [1.54, 1.807) is 0 Å². The minimum absolute atomic E-state index is 0.0260. The molecule has 0 fully saturated rings. The maximum absolute atomic E-state index is 12.5. The Bertz CT molecular complexity index is 700. The highest BCUT2D eigenvalue weighted by atomic mass is 79.9. The maximum Gasteiger partial charge on any atom is 0.257 e. The predicted molar refractivity (Wildman–Crippen MR) is 151 cm³/mol. The normalized spacial score (nSPS) is 11.4. The third-order valence-electron chi connectivity index (χ3n) is 6.08. The van der Waals surface area contributed by atoms with E-state index in [1.165, 1.54) is 89.0 Å². The topological polar surface area (TPSA) is 41.1 Å². The van der Waals surface area contributed by atoms with Crippen LogP contribution < -0.4 is 10.6 Å². The minimum Gasteiger partial charge on any atom is -0.362 e. The van der Waals surface area contributed by atoms with Crippen LogP contribution in [-0.4, -0.2) is 17.6 Å². The molecule has 0 aliphatic heterocycles. The highest BCUT2D eigenvalue weighted by Crippen LogP contribution is 2.30. The second-order valence-corrected chi connectivity index (χ2v) is 11.5. The van der Waals surface area contributed by atoms with E-state index in [2.05, 4.69) is 54.3 Å². The lowest BCUT2D eigenvalue weighted by atomic mass is 9.86. The second-order valence-electron chi connectivity index (χ2n) is 10.3. The number of halogens is 1. The first-order valence-corrected chi connectivity index (χ1v) is 14.3. The van der Waals surface area contributed by atoms with E-state index in [0.717, 1.165) is 17.4 Å². The quantitative estimate of drug-likeness (QED) is 0.163. The van der Waals surface area contributed by atoms with E-state index in [4.69, 9.17) is 12.2 Å². The molecule has 0 aliphatic rings. The van der Waals surface area contributed by atoms with Crippen molar-refractivity contribution in [3.63, 3.8) is 0 Å². The maximum atomic E-state index is 12.5. The Labute approximate surface area is 217 Å². The Balaban J connectivity index is 2.04. The SMILES string of the molecule is CCCCCCCCCCCCCCCCNC(=S)NC(=O)c1ccc(C(C)(C)C)c(Br)c1. The first-order chi connectivity index (χ1) is 15.8. The molecular formula is C28H47BrN2OS. The molecule has 1 rings (SSSR count). The molecule has 0 unspecified atom stereocenters. The number of rotatable bonds is 16. The number of hydrogen-bond acceptors (Lipinski definition) is 2. The van der Waals surface area contributed by atoms with Gasteiger partial charge in [-0.25, -0.2) is 0 Å². The molecule has 1 aromatic rings. The van der Waals surface area contributed by atoms with Crippen molar-refractivity contribution in [2.24, 2.45) is 0 Å². The van der Waals surface area contributed by atoms with Crippen LogP contribution in [0.1, 0.15) is 134 Å². The lowest BCUT2D eigenvalue weighted by Gasteiger charge is -2.21. The Hall–Kier alpha value is -0.940. The molecule has 0 heterocycles. The van der Waals surface area contributed by atoms with Gasteiger partial charge < -0.3 is 5.32 Å². The van der Waals surface area contributed by atoms with Crippen molar-refractivity contribution in [1.29, 1.82) is 0 Å². The number of amides is 1. The van der Waals surface area contributed by atoms with Gasteiger partial charge in [-0.3, -0.25) is 10.1 Å². The van der Waals surface area contributed by atoms with E-state index in [-0.39, 0.29) is 11.3 Å². The van der Waals surface area contributed by atoms with Gasteiger partial charge in [0.05, 0.1) is 0 Å². The largest absolute Gasteiger partial charge is 0.362 e. The van der Waals surface area contributed by atoms with Crippen LogP contribution in [0.5, 0.6) is 0 Å². The number of carbonyl (C=O) groups is 1. The monoisotopic (exact) mass is 538 g/mol. The molecule has 0 saturated heterocycles. The summed E-state index contributed by atoms with van der Waals surface area (Å²) in [6.45, 7) is 9.55. The minimum atomic E-state index is -0.172. The van der Waals surface area contributed by atoms with Gasteiger partial charge in [0.2, 0.25) is 0 Å². The molecule has 0 spiro atoms. The van der Waals surface area contributed by atoms with Crippen molar-refractivity contribution in [3.05, 3.63) is 33.8 Å². The van der Waals surface area contributed by atoms with Crippen molar-refractivity contribution in [2.45, 2.75) is 123 Å². The van der Waals surface area contributed by atoms with Crippen LogP contribution in [0.25, 0.3) is 0 Å². The smallest absolute Gasteiger partial charge is 0.257 e. The summed E-state index contributed by atoms with van der Waals surface area (Å²) in [5.74, 6) is -0.172. The van der Waals surface area contributed by atoms with Crippen LogP contribution in [0.3, 0.4) is 0 Å².